The Morgan fingerprint density at radius 1 is 1.53 bits per heavy atom. The molecule has 0 aliphatic carbocycles. The molecule has 1 aromatic carbocycles. The van der Waals surface area contributed by atoms with Crippen LogP contribution in [0.4, 0.5) is 0 Å². The van der Waals surface area contributed by atoms with Crippen molar-refractivity contribution in [3.8, 4) is 0 Å². The van der Waals surface area contributed by atoms with E-state index in [1.54, 1.807) is 0 Å². The van der Waals surface area contributed by atoms with Gasteiger partial charge in [-0.25, -0.2) is 0 Å². The minimum Gasteiger partial charge on any atom is -0.480 e. The van der Waals surface area contributed by atoms with E-state index < -0.39 is 12.0 Å². The van der Waals surface area contributed by atoms with Crippen molar-refractivity contribution in [2.75, 3.05) is 6.54 Å². The number of hydrogen-bond donors (Lipinski definition) is 2. The van der Waals surface area contributed by atoms with E-state index in [9.17, 15) is 4.79 Å². The van der Waals surface area contributed by atoms with Crippen LogP contribution in [0.15, 0.2) is 22.7 Å². The fourth-order valence-corrected chi connectivity index (χ4v) is 2.16. The van der Waals surface area contributed by atoms with Crippen LogP contribution in [-0.4, -0.2) is 17.6 Å². The second kappa shape index (κ2) is 4.96. The summed E-state index contributed by atoms with van der Waals surface area (Å²) in [5.41, 5.74) is 2.00. The molecule has 2 N–H and O–H groups in total. The maximum absolute atomic E-state index is 10.9. The molecule has 0 saturated carbocycles. The summed E-state index contributed by atoms with van der Waals surface area (Å²) in [5, 5.41) is 12.0. The fraction of sp³-hybridized carbons (Fsp3) is 0.300. The summed E-state index contributed by atoms with van der Waals surface area (Å²) < 4.78 is 1.00. The summed E-state index contributed by atoms with van der Waals surface area (Å²) in [4.78, 5) is 10.9. The van der Waals surface area contributed by atoms with Gasteiger partial charge in [-0.1, -0.05) is 22.0 Å². The first kappa shape index (κ1) is 12.5. The van der Waals surface area contributed by atoms with Crippen LogP contribution in [-0.2, 0) is 11.2 Å². The molecule has 0 radical (unpaired) electrons. The van der Waals surface area contributed by atoms with E-state index in [1.807, 2.05) is 18.2 Å². The molecular formula is C10H11BrClNO2. The number of carbonyl (C=O) groups is 1. The molecule has 1 atom stereocenters. The lowest BCUT2D eigenvalue weighted by atomic mass is 9.94. The van der Waals surface area contributed by atoms with E-state index in [0.29, 0.717) is 0 Å². The number of carboxylic acids is 1. The molecule has 82 valence electrons. The average molecular weight is 293 g/mol. The van der Waals surface area contributed by atoms with Crippen molar-refractivity contribution in [1.29, 1.82) is 0 Å². The molecule has 5 heteroatoms. The third-order valence-corrected chi connectivity index (χ3v) is 2.90. The maximum Gasteiger partial charge on any atom is 0.325 e. The van der Waals surface area contributed by atoms with Gasteiger partial charge in [0.2, 0.25) is 0 Å². The van der Waals surface area contributed by atoms with Gasteiger partial charge in [-0.15, -0.1) is 12.4 Å². The van der Waals surface area contributed by atoms with Gasteiger partial charge in [0.25, 0.3) is 0 Å². The number of fused-ring (bicyclic) bond motifs is 1. The molecule has 0 aromatic heterocycles. The minimum atomic E-state index is -0.812. The number of aliphatic carboxylic acids is 1. The number of hydrogen-bond acceptors (Lipinski definition) is 2. The van der Waals surface area contributed by atoms with Crippen molar-refractivity contribution in [2.24, 2.45) is 0 Å². The van der Waals surface area contributed by atoms with Crippen LogP contribution in [0.3, 0.4) is 0 Å². The Hall–Kier alpha value is -0.580. The molecular weight excluding hydrogens is 281 g/mol. The highest BCUT2D eigenvalue weighted by Crippen LogP contribution is 2.25. The normalized spacial score (nSPS) is 18.9. The van der Waals surface area contributed by atoms with E-state index in [-0.39, 0.29) is 12.4 Å². The first-order chi connectivity index (χ1) is 6.68. The highest BCUT2D eigenvalue weighted by molar-refractivity contribution is 9.10. The van der Waals surface area contributed by atoms with Crippen molar-refractivity contribution >= 4 is 34.3 Å². The Morgan fingerprint density at radius 2 is 2.27 bits per heavy atom. The summed E-state index contributed by atoms with van der Waals surface area (Å²) >= 11 is 3.38. The number of nitrogens with one attached hydrogen (secondary N) is 1. The van der Waals surface area contributed by atoms with Crippen molar-refractivity contribution in [3.05, 3.63) is 33.8 Å². The molecule has 1 unspecified atom stereocenters. The number of rotatable bonds is 1. The van der Waals surface area contributed by atoms with Gasteiger partial charge in [0.15, 0.2) is 0 Å². The molecule has 15 heavy (non-hydrogen) atoms. The summed E-state index contributed by atoms with van der Waals surface area (Å²) in [7, 11) is 0. The first-order valence-corrected chi connectivity index (χ1v) is 5.22. The second-order valence-corrected chi connectivity index (χ2v) is 4.23. The highest BCUT2D eigenvalue weighted by Gasteiger charge is 2.25. The van der Waals surface area contributed by atoms with Gasteiger partial charge < -0.3 is 10.4 Å². The van der Waals surface area contributed by atoms with Gasteiger partial charge in [0.1, 0.15) is 6.04 Å². The Labute approximate surface area is 102 Å². The van der Waals surface area contributed by atoms with Crippen LogP contribution in [0, 0.1) is 0 Å². The zero-order valence-electron chi connectivity index (χ0n) is 7.87. The van der Waals surface area contributed by atoms with Crippen LogP contribution in [0.25, 0.3) is 0 Å². The molecule has 0 bridgehead atoms. The highest BCUT2D eigenvalue weighted by atomic mass is 79.9. The molecule has 3 nitrogen and oxygen atoms in total. The monoisotopic (exact) mass is 291 g/mol. The third-order valence-electron chi connectivity index (χ3n) is 2.41. The van der Waals surface area contributed by atoms with Crippen LogP contribution < -0.4 is 5.32 Å². The minimum absolute atomic E-state index is 0. The first-order valence-electron chi connectivity index (χ1n) is 4.43. The molecule has 1 aromatic rings. The Morgan fingerprint density at radius 3 is 2.93 bits per heavy atom. The average Bonchev–Trinajstić information content (AvgIpc) is 2.16. The summed E-state index contributed by atoms with van der Waals surface area (Å²) in [5.74, 6) is -0.812. The van der Waals surface area contributed by atoms with E-state index in [4.69, 9.17) is 5.11 Å². The van der Waals surface area contributed by atoms with E-state index in [2.05, 4.69) is 21.2 Å². The van der Waals surface area contributed by atoms with Gasteiger partial charge in [-0.2, -0.15) is 0 Å². The lowest BCUT2D eigenvalue weighted by Gasteiger charge is -2.23. The molecule has 0 amide bonds. The lowest BCUT2D eigenvalue weighted by molar-refractivity contribution is -0.139. The summed E-state index contributed by atoms with van der Waals surface area (Å²) in [6.45, 7) is 0.723. The number of benzene rings is 1. The van der Waals surface area contributed by atoms with Crippen LogP contribution >= 0.6 is 28.3 Å². The molecule has 0 fully saturated rings. The van der Waals surface area contributed by atoms with E-state index in [0.717, 1.165) is 28.6 Å². The largest absolute Gasteiger partial charge is 0.480 e. The van der Waals surface area contributed by atoms with Gasteiger partial charge in [-0.05, 0) is 29.7 Å². The van der Waals surface area contributed by atoms with Crippen molar-refractivity contribution in [3.63, 3.8) is 0 Å². The maximum atomic E-state index is 10.9. The van der Waals surface area contributed by atoms with Crippen molar-refractivity contribution < 1.29 is 9.90 Å². The molecule has 0 spiro atoms. The van der Waals surface area contributed by atoms with Gasteiger partial charge in [0, 0.05) is 11.0 Å². The van der Waals surface area contributed by atoms with Crippen LogP contribution in [0.2, 0.25) is 0 Å². The molecule has 0 saturated heterocycles. The Kier molecular flexibility index (Phi) is 4.13. The zero-order chi connectivity index (χ0) is 10.1. The van der Waals surface area contributed by atoms with E-state index >= 15 is 0 Å². The topological polar surface area (TPSA) is 49.3 Å². The molecule has 1 aliphatic heterocycles. The standard InChI is InChI=1S/C10H10BrNO2.ClH/c11-7-1-2-8-6(5-7)3-4-12-9(8)10(13)14;/h1-2,5,9,12H,3-4H2,(H,13,14);1H. The van der Waals surface area contributed by atoms with Gasteiger partial charge in [-0.3, -0.25) is 4.79 Å². The fourth-order valence-electron chi connectivity index (χ4n) is 1.75. The predicted octanol–water partition coefficient (Wildman–Crippen LogP) is 2.14. The van der Waals surface area contributed by atoms with Gasteiger partial charge >= 0.3 is 5.97 Å². The Balaban J connectivity index is 0.00000112. The quantitative estimate of drug-likeness (QED) is 0.834. The summed E-state index contributed by atoms with van der Waals surface area (Å²) in [6.07, 6.45) is 0.887. The number of carboxylic acid groups (broad SMARTS) is 1. The lowest BCUT2D eigenvalue weighted by Crippen LogP contribution is -2.34. The zero-order valence-corrected chi connectivity index (χ0v) is 10.3. The third kappa shape index (κ3) is 2.51. The SMILES string of the molecule is Cl.O=C(O)C1NCCc2cc(Br)ccc21. The second-order valence-electron chi connectivity index (χ2n) is 3.32. The van der Waals surface area contributed by atoms with Crippen LogP contribution in [0.5, 0.6) is 0 Å². The van der Waals surface area contributed by atoms with Crippen LogP contribution in [0.1, 0.15) is 17.2 Å². The predicted molar refractivity (Wildman–Crippen MR) is 63.5 cm³/mol. The molecule has 1 aliphatic rings. The Bertz CT molecular complexity index is 384. The molecule has 1 heterocycles. The van der Waals surface area contributed by atoms with Gasteiger partial charge in [0.05, 0.1) is 0 Å². The summed E-state index contributed by atoms with van der Waals surface area (Å²) in [6, 6.07) is 5.19. The number of halogens is 2. The van der Waals surface area contributed by atoms with Crippen molar-refractivity contribution in [2.45, 2.75) is 12.5 Å². The smallest absolute Gasteiger partial charge is 0.325 e. The molecule has 2 rings (SSSR count). The van der Waals surface area contributed by atoms with Crippen molar-refractivity contribution in [1.82, 2.24) is 5.32 Å². The van der Waals surface area contributed by atoms with E-state index in [1.165, 1.54) is 0 Å².